The van der Waals surface area contributed by atoms with Crippen molar-refractivity contribution in [3.8, 4) is 17.2 Å². The van der Waals surface area contributed by atoms with E-state index in [1.807, 2.05) is 52.8 Å². The van der Waals surface area contributed by atoms with Crippen LogP contribution in [0, 0.1) is 0 Å². The van der Waals surface area contributed by atoms with E-state index < -0.39 is 0 Å². The predicted octanol–water partition coefficient (Wildman–Crippen LogP) is 4.19. The van der Waals surface area contributed by atoms with Gasteiger partial charge < -0.3 is 14.2 Å². The van der Waals surface area contributed by atoms with Crippen molar-refractivity contribution in [1.82, 2.24) is 0 Å². The van der Waals surface area contributed by atoms with Crippen LogP contribution >= 0.6 is 0 Å². The smallest absolute Gasteiger partial charge is 0.127 e. The molecule has 1 aromatic carbocycles. The maximum atomic E-state index is 5.91. The molecule has 1 aliphatic carbocycles. The predicted molar refractivity (Wildman–Crippen MR) is 76.2 cm³/mol. The van der Waals surface area contributed by atoms with E-state index in [0.717, 1.165) is 30.1 Å². The van der Waals surface area contributed by atoms with Crippen LogP contribution in [0.3, 0.4) is 0 Å². The highest BCUT2D eigenvalue weighted by molar-refractivity contribution is 5.42. The fraction of sp³-hybridized carbons (Fsp3) is 0.625. The molecule has 3 heteroatoms. The van der Waals surface area contributed by atoms with Crippen LogP contribution in [0.25, 0.3) is 0 Å². The van der Waals surface area contributed by atoms with Gasteiger partial charge in [-0.1, -0.05) is 0 Å². The molecule has 106 valence electrons. The zero-order chi connectivity index (χ0) is 14.0. The molecule has 0 atom stereocenters. The number of rotatable bonds is 5. The summed E-state index contributed by atoms with van der Waals surface area (Å²) in [4.78, 5) is 0. The number of hydrogen-bond donors (Lipinski definition) is 0. The van der Waals surface area contributed by atoms with Gasteiger partial charge in [-0.15, -0.1) is 0 Å². The van der Waals surface area contributed by atoms with Gasteiger partial charge in [0.15, 0.2) is 0 Å². The summed E-state index contributed by atoms with van der Waals surface area (Å²) in [6.07, 6.45) is 2.80. The van der Waals surface area contributed by atoms with Gasteiger partial charge in [0.25, 0.3) is 0 Å². The SMILES string of the molecule is CC(C)Oc1cc(OC2CC2)cc(OC(C)(C)C)c1. The van der Waals surface area contributed by atoms with E-state index in [4.69, 9.17) is 14.2 Å². The molecule has 0 unspecified atom stereocenters. The molecule has 0 aliphatic heterocycles. The van der Waals surface area contributed by atoms with Gasteiger partial charge in [-0.25, -0.2) is 0 Å². The third kappa shape index (κ3) is 5.01. The summed E-state index contributed by atoms with van der Waals surface area (Å²) in [6, 6.07) is 5.80. The first-order valence-electron chi connectivity index (χ1n) is 6.99. The van der Waals surface area contributed by atoms with Gasteiger partial charge in [-0.3, -0.25) is 0 Å². The van der Waals surface area contributed by atoms with Gasteiger partial charge in [0.2, 0.25) is 0 Å². The van der Waals surface area contributed by atoms with Crippen LogP contribution in [-0.2, 0) is 0 Å². The van der Waals surface area contributed by atoms with Gasteiger partial charge >= 0.3 is 0 Å². The van der Waals surface area contributed by atoms with Gasteiger partial charge in [-0.05, 0) is 47.5 Å². The fourth-order valence-corrected chi connectivity index (χ4v) is 1.74. The lowest BCUT2D eigenvalue weighted by Crippen LogP contribution is -2.23. The molecule has 0 N–H and O–H groups in total. The normalized spacial score (nSPS) is 15.5. The molecule has 1 aliphatic rings. The van der Waals surface area contributed by atoms with Crippen LogP contribution in [0.4, 0.5) is 0 Å². The lowest BCUT2D eigenvalue weighted by atomic mass is 10.2. The first kappa shape index (κ1) is 14.0. The van der Waals surface area contributed by atoms with Crippen LogP contribution in [0.2, 0.25) is 0 Å². The average Bonchev–Trinajstić information content (AvgIpc) is 2.96. The molecule has 0 heterocycles. The summed E-state index contributed by atoms with van der Waals surface area (Å²) in [7, 11) is 0. The molecule has 0 saturated heterocycles. The Bertz CT molecular complexity index is 406. The molecule has 1 fully saturated rings. The van der Waals surface area contributed by atoms with E-state index in [1.54, 1.807) is 0 Å². The highest BCUT2D eigenvalue weighted by Gasteiger charge is 2.24. The lowest BCUT2D eigenvalue weighted by Gasteiger charge is -2.22. The standard InChI is InChI=1S/C16H24O3/c1-11(2)17-13-8-14(18-12-6-7-12)10-15(9-13)19-16(3,4)5/h8-12H,6-7H2,1-5H3. The monoisotopic (exact) mass is 264 g/mol. The fourth-order valence-electron chi connectivity index (χ4n) is 1.74. The molecule has 1 saturated carbocycles. The van der Waals surface area contributed by atoms with Crippen molar-refractivity contribution in [3.05, 3.63) is 18.2 Å². The topological polar surface area (TPSA) is 27.7 Å². The molecule has 1 aromatic rings. The summed E-state index contributed by atoms with van der Waals surface area (Å²) < 4.78 is 17.5. The Balaban J connectivity index is 2.19. The van der Waals surface area contributed by atoms with Crippen molar-refractivity contribution in [1.29, 1.82) is 0 Å². The highest BCUT2D eigenvalue weighted by atomic mass is 16.5. The largest absolute Gasteiger partial charge is 0.491 e. The maximum absolute atomic E-state index is 5.91. The maximum Gasteiger partial charge on any atom is 0.127 e. The van der Waals surface area contributed by atoms with Crippen molar-refractivity contribution < 1.29 is 14.2 Å². The minimum absolute atomic E-state index is 0.138. The van der Waals surface area contributed by atoms with E-state index in [9.17, 15) is 0 Å². The van der Waals surface area contributed by atoms with E-state index in [1.165, 1.54) is 0 Å². The molecule has 0 amide bonds. The minimum Gasteiger partial charge on any atom is -0.491 e. The van der Waals surface area contributed by atoms with Crippen molar-refractivity contribution in [2.24, 2.45) is 0 Å². The van der Waals surface area contributed by atoms with Crippen LogP contribution in [0.1, 0.15) is 47.5 Å². The molecule has 0 bridgehead atoms. The Kier molecular flexibility index (Phi) is 3.93. The Morgan fingerprint density at radius 2 is 1.58 bits per heavy atom. The third-order valence-corrected chi connectivity index (χ3v) is 2.48. The summed E-state index contributed by atoms with van der Waals surface area (Å²) in [5.41, 5.74) is -0.229. The summed E-state index contributed by atoms with van der Waals surface area (Å²) in [6.45, 7) is 10.1. The molecular formula is C16H24O3. The summed E-state index contributed by atoms with van der Waals surface area (Å²) in [5, 5.41) is 0. The van der Waals surface area contributed by atoms with Crippen LogP contribution in [-0.4, -0.2) is 17.8 Å². The minimum atomic E-state index is -0.229. The van der Waals surface area contributed by atoms with Crippen LogP contribution in [0.15, 0.2) is 18.2 Å². The first-order valence-corrected chi connectivity index (χ1v) is 6.99. The Morgan fingerprint density at radius 3 is 2.11 bits per heavy atom. The van der Waals surface area contributed by atoms with Gasteiger partial charge in [0.1, 0.15) is 22.8 Å². The Hall–Kier alpha value is -1.38. The van der Waals surface area contributed by atoms with Gasteiger partial charge in [0.05, 0.1) is 12.2 Å². The van der Waals surface area contributed by atoms with Gasteiger partial charge in [-0.2, -0.15) is 0 Å². The number of ether oxygens (including phenoxy) is 3. The van der Waals surface area contributed by atoms with Crippen LogP contribution < -0.4 is 14.2 Å². The molecule has 19 heavy (non-hydrogen) atoms. The van der Waals surface area contributed by atoms with Gasteiger partial charge in [0, 0.05) is 18.2 Å². The summed E-state index contributed by atoms with van der Waals surface area (Å²) >= 11 is 0. The van der Waals surface area contributed by atoms with E-state index in [0.29, 0.717) is 6.10 Å². The molecule has 0 radical (unpaired) electrons. The highest BCUT2D eigenvalue weighted by Crippen LogP contribution is 2.34. The Labute approximate surface area is 115 Å². The van der Waals surface area contributed by atoms with E-state index >= 15 is 0 Å². The summed E-state index contributed by atoms with van der Waals surface area (Å²) in [5.74, 6) is 2.42. The zero-order valence-electron chi connectivity index (χ0n) is 12.5. The lowest BCUT2D eigenvalue weighted by molar-refractivity contribution is 0.129. The average molecular weight is 264 g/mol. The zero-order valence-corrected chi connectivity index (χ0v) is 12.5. The molecule has 0 spiro atoms. The third-order valence-electron chi connectivity index (χ3n) is 2.48. The Morgan fingerprint density at radius 1 is 1.00 bits per heavy atom. The van der Waals surface area contributed by atoms with Crippen molar-refractivity contribution in [3.63, 3.8) is 0 Å². The second kappa shape index (κ2) is 5.32. The van der Waals surface area contributed by atoms with Crippen molar-refractivity contribution >= 4 is 0 Å². The van der Waals surface area contributed by atoms with Crippen molar-refractivity contribution in [2.45, 2.75) is 65.3 Å². The number of benzene rings is 1. The van der Waals surface area contributed by atoms with E-state index in [2.05, 4.69) is 0 Å². The second-order valence-corrected chi connectivity index (χ2v) is 6.34. The van der Waals surface area contributed by atoms with Crippen LogP contribution in [0.5, 0.6) is 17.2 Å². The number of hydrogen-bond acceptors (Lipinski definition) is 3. The quantitative estimate of drug-likeness (QED) is 0.798. The molecule has 3 nitrogen and oxygen atoms in total. The molecule has 0 aromatic heterocycles. The first-order chi connectivity index (χ1) is 8.82. The second-order valence-electron chi connectivity index (χ2n) is 6.34. The van der Waals surface area contributed by atoms with Crippen molar-refractivity contribution in [2.75, 3.05) is 0 Å². The molecular weight excluding hydrogens is 240 g/mol. The van der Waals surface area contributed by atoms with E-state index in [-0.39, 0.29) is 11.7 Å². The molecule has 2 rings (SSSR count).